The van der Waals surface area contributed by atoms with Crippen molar-refractivity contribution in [3.8, 4) is 11.8 Å². The molecule has 4 heteroatoms. The highest BCUT2D eigenvalue weighted by atomic mass is 79.9. The third-order valence-electron chi connectivity index (χ3n) is 1.79. The van der Waals surface area contributed by atoms with Crippen molar-refractivity contribution < 1.29 is 14.6 Å². The van der Waals surface area contributed by atoms with Gasteiger partial charge in [-0.05, 0) is 13.0 Å². The molecular weight excluding hydrogens is 272 g/mol. The van der Waals surface area contributed by atoms with Gasteiger partial charge >= 0.3 is 5.97 Å². The van der Waals surface area contributed by atoms with E-state index in [0.717, 1.165) is 4.47 Å². The monoisotopic (exact) mass is 282 g/mol. The minimum Gasteiger partial charge on any atom is -0.456 e. The first-order valence-corrected chi connectivity index (χ1v) is 5.55. The largest absolute Gasteiger partial charge is 0.456 e. The van der Waals surface area contributed by atoms with Crippen molar-refractivity contribution in [3.63, 3.8) is 0 Å². The molecule has 0 aliphatic carbocycles. The summed E-state index contributed by atoms with van der Waals surface area (Å²) in [4.78, 5) is 10.9. The summed E-state index contributed by atoms with van der Waals surface area (Å²) in [5.41, 5.74) is 0.624. The summed E-state index contributed by atoms with van der Waals surface area (Å²) >= 11 is 3.29. The van der Waals surface area contributed by atoms with E-state index in [1.54, 1.807) is 25.1 Å². The lowest BCUT2D eigenvalue weighted by Crippen LogP contribution is -2.01. The molecule has 3 nitrogen and oxygen atoms in total. The number of carbonyl (C=O) groups is 1. The molecule has 0 aromatic heterocycles. The van der Waals surface area contributed by atoms with Gasteiger partial charge in [-0.2, -0.15) is 0 Å². The third kappa shape index (κ3) is 3.69. The fourth-order valence-corrected chi connectivity index (χ4v) is 1.57. The zero-order valence-corrected chi connectivity index (χ0v) is 10.3. The summed E-state index contributed by atoms with van der Waals surface area (Å²) in [7, 11) is 0. The van der Waals surface area contributed by atoms with Crippen molar-refractivity contribution in [2.45, 2.75) is 13.0 Å². The van der Waals surface area contributed by atoms with Crippen LogP contribution in [0.4, 0.5) is 0 Å². The predicted octanol–water partition coefficient (Wildman–Crippen LogP) is 2.05. The van der Waals surface area contributed by atoms with Crippen LogP contribution in [-0.4, -0.2) is 17.7 Å². The fourth-order valence-electron chi connectivity index (χ4n) is 1.07. The van der Waals surface area contributed by atoms with Crippen molar-refractivity contribution in [2.24, 2.45) is 0 Å². The number of esters is 1. The Balaban J connectivity index is 2.76. The first-order valence-electron chi connectivity index (χ1n) is 4.76. The van der Waals surface area contributed by atoms with Gasteiger partial charge in [0, 0.05) is 16.0 Å². The lowest BCUT2D eigenvalue weighted by atomic mass is 10.1. The molecule has 0 spiro atoms. The molecule has 16 heavy (non-hydrogen) atoms. The second-order valence-electron chi connectivity index (χ2n) is 2.91. The molecule has 0 aliphatic rings. The van der Waals surface area contributed by atoms with Crippen LogP contribution in [0.15, 0.2) is 28.7 Å². The van der Waals surface area contributed by atoms with Crippen LogP contribution in [0.2, 0.25) is 0 Å². The Morgan fingerprint density at radius 3 is 2.88 bits per heavy atom. The summed E-state index contributed by atoms with van der Waals surface area (Å²) in [6, 6.07) is 7.15. The molecule has 0 saturated carbocycles. The highest BCUT2D eigenvalue weighted by Crippen LogP contribution is 2.22. The van der Waals surface area contributed by atoms with Crippen LogP contribution in [0.25, 0.3) is 0 Å². The molecule has 0 aliphatic heterocycles. The van der Waals surface area contributed by atoms with Gasteiger partial charge in [-0.25, -0.2) is 4.79 Å². The molecule has 0 fully saturated rings. The van der Waals surface area contributed by atoms with E-state index in [9.17, 15) is 9.90 Å². The smallest absolute Gasteiger partial charge is 0.384 e. The molecule has 0 amide bonds. The number of hydrogen-bond acceptors (Lipinski definition) is 3. The van der Waals surface area contributed by atoms with Crippen LogP contribution in [0.1, 0.15) is 18.6 Å². The summed E-state index contributed by atoms with van der Waals surface area (Å²) in [5, 5.41) is 9.71. The van der Waals surface area contributed by atoms with Crippen molar-refractivity contribution in [2.75, 3.05) is 6.61 Å². The first kappa shape index (κ1) is 12.8. The van der Waals surface area contributed by atoms with Crippen molar-refractivity contribution >= 4 is 21.9 Å². The number of halogens is 1. The molecule has 0 bridgehead atoms. The maximum atomic E-state index is 10.9. The number of ether oxygens (including phenoxy) is 1. The van der Waals surface area contributed by atoms with Crippen LogP contribution in [0.3, 0.4) is 0 Å². The van der Waals surface area contributed by atoms with Gasteiger partial charge in [0.2, 0.25) is 0 Å². The van der Waals surface area contributed by atoms with Crippen molar-refractivity contribution in [1.82, 2.24) is 0 Å². The van der Waals surface area contributed by atoms with Gasteiger partial charge in [0.05, 0.1) is 6.61 Å². The summed E-state index contributed by atoms with van der Waals surface area (Å²) < 4.78 is 5.37. The van der Waals surface area contributed by atoms with Crippen molar-refractivity contribution in [1.29, 1.82) is 0 Å². The highest BCUT2D eigenvalue weighted by Gasteiger charge is 2.07. The maximum Gasteiger partial charge on any atom is 0.384 e. The van der Waals surface area contributed by atoms with Crippen LogP contribution in [0.5, 0.6) is 0 Å². The van der Waals surface area contributed by atoms with E-state index in [0.29, 0.717) is 5.56 Å². The van der Waals surface area contributed by atoms with E-state index in [-0.39, 0.29) is 6.61 Å². The minimum atomic E-state index is -1.00. The zero-order valence-electron chi connectivity index (χ0n) is 8.74. The average molecular weight is 283 g/mol. The van der Waals surface area contributed by atoms with Gasteiger partial charge in [0.15, 0.2) is 0 Å². The molecular formula is C12H11BrO3. The number of hydrogen-bond donors (Lipinski definition) is 1. The molecule has 0 saturated heterocycles. The standard InChI is InChI=1S/C12H11BrO3/c1-2-16-12(15)8-7-11(14)9-5-3-4-6-10(9)13/h3-6,11,14H,2H2,1H3. The van der Waals surface area contributed by atoms with Crippen LogP contribution in [-0.2, 0) is 9.53 Å². The SMILES string of the molecule is CCOC(=O)C#CC(O)c1ccccc1Br. The topological polar surface area (TPSA) is 46.5 Å². The van der Waals surface area contributed by atoms with Gasteiger partial charge < -0.3 is 9.84 Å². The lowest BCUT2D eigenvalue weighted by Gasteiger charge is -2.05. The second kappa shape index (κ2) is 6.31. The van der Waals surface area contributed by atoms with Crippen molar-refractivity contribution in [3.05, 3.63) is 34.3 Å². The maximum absolute atomic E-state index is 10.9. The van der Waals surface area contributed by atoms with Gasteiger partial charge in [0.25, 0.3) is 0 Å². The molecule has 1 atom stereocenters. The Morgan fingerprint density at radius 1 is 1.56 bits per heavy atom. The third-order valence-corrected chi connectivity index (χ3v) is 2.51. The zero-order chi connectivity index (χ0) is 12.0. The molecule has 1 rings (SSSR count). The molecule has 1 aromatic rings. The Labute approximate surface area is 103 Å². The fraction of sp³-hybridized carbons (Fsp3) is 0.250. The predicted molar refractivity (Wildman–Crippen MR) is 63.5 cm³/mol. The van der Waals surface area contributed by atoms with Gasteiger partial charge in [-0.3, -0.25) is 0 Å². The Morgan fingerprint density at radius 2 is 2.25 bits per heavy atom. The van der Waals surface area contributed by atoms with E-state index in [4.69, 9.17) is 0 Å². The molecule has 0 heterocycles. The number of aliphatic hydroxyl groups is 1. The number of carbonyl (C=O) groups excluding carboxylic acids is 1. The van der Waals surface area contributed by atoms with Crippen LogP contribution >= 0.6 is 15.9 Å². The highest BCUT2D eigenvalue weighted by molar-refractivity contribution is 9.10. The molecule has 84 valence electrons. The lowest BCUT2D eigenvalue weighted by molar-refractivity contribution is -0.136. The average Bonchev–Trinajstić information content (AvgIpc) is 2.27. The number of rotatable bonds is 2. The van der Waals surface area contributed by atoms with E-state index in [2.05, 4.69) is 32.5 Å². The van der Waals surface area contributed by atoms with Crippen LogP contribution in [0, 0.1) is 11.8 Å². The Hall–Kier alpha value is -1.31. The molecule has 1 aromatic carbocycles. The number of benzene rings is 1. The quantitative estimate of drug-likeness (QED) is 0.513. The number of aliphatic hydroxyl groups excluding tert-OH is 1. The second-order valence-corrected chi connectivity index (χ2v) is 3.77. The molecule has 1 unspecified atom stereocenters. The van der Waals surface area contributed by atoms with Crippen LogP contribution < -0.4 is 0 Å². The Bertz CT molecular complexity index is 431. The van der Waals surface area contributed by atoms with E-state index in [1.165, 1.54) is 0 Å². The van der Waals surface area contributed by atoms with E-state index < -0.39 is 12.1 Å². The molecule has 0 radical (unpaired) electrons. The molecule has 1 N–H and O–H groups in total. The van der Waals surface area contributed by atoms with E-state index >= 15 is 0 Å². The van der Waals surface area contributed by atoms with Gasteiger partial charge in [-0.15, -0.1) is 0 Å². The van der Waals surface area contributed by atoms with E-state index in [1.807, 2.05) is 6.07 Å². The first-order chi connectivity index (χ1) is 7.65. The van der Waals surface area contributed by atoms with Gasteiger partial charge in [0.1, 0.15) is 6.10 Å². The summed E-state index contributed by atoms with van der Waals surface area (Å²) in [5.74, 6) is 4.02. The Kier molecular flexibility index (Phi) is 5.03. The van der Waals surface area contributed by atoms with Gasteiger partial charge in [-0.1, -0.05) is 40.0 Å². The summed E-state index contributed by atoms with van der Waals surface area (Å²) in [6.07, 6.45) is -1.00. The summed E-state index contributed by atoms with van der Waals surface area (Å²) in [6.45, 7) is 1.97. The minimum absolute atomic E-state index is 0.276. The normalized spacial score (nSPS) is 11.2.